The molecule has 2 rings (SSSR count). The first-order chi connectivity index (χ1) is 8.18. The fourth-order valence-corrected chi connectivity index (χ4v) is 2.88. The quantitative estimate of drug-likeness (QED) is 0.668. The van der Waals surface area contributed by atoms with Crippen molar-refractivity contribution >= 4 is 0 Å². The molecule has 3 nitrogen and oxygen atoms in total. The molecule has 0 aromatic rings. The molecule has 0 aliphatic heterocycles. The Hall–Kier alpha value is -0.120. The highest BCUT2D eigenvalue weighted by Crippen LogP contribution is 2.30. The second-order valence-electron chi connectivity index (χ2n) is 6.26. The zero-order valence-electron chi connectivity index (χ0n) is 11.2. The minimum absolute atomic E-state index is 0.0359. The Morgan fingerprint density at radius 1 is 1.35 bits per heavy atom. The monoisotopic (exact) mass is 240 g/mol. The van der Waals surface area contributed by atoms with Gasteiger partial charge in [0.1, 0.15) is 0 Å². The Morgan fingerprint density at radius 2 is 2.18 bits per heavy atom. The van der Waals surface area contributed by atoms with Crippen molar-refractivity contribution in [3.63, 3.8) is 0 Å². The Morgan fingerprint density at radius 3 is 2.88 bits per heavy atom. The highest BCUT2D eigenvalue weighted by Gasteiger charge is 2.30. The van der Waals surface area contributed by atoms with Gasteiger partial charge < -0.3 is 15.8 Å². The fourth-order valence-electron chi connectivity index (χ4n) is 2.88. The van der Waals surface area contributed by atoms with Crippen LogP contribution in [0.4, 0.5) is 0 Å². The minimum atomic E-state index is 0.0359. The van der Waals surface area contributed by atoms with Crippen LogP contribution in [-0.2, 0) is 4.74 Å². The van der Waals surface area contributed by atoms with Crippen LogP contribution in [0.2, 0.25) is 0 Å². The average molecular weight is 240 g/mol. The van der Waals surface area contributed by atoms with Crippen LogP contribution in [0.3, 0.4) is 0 Å². The molecule has 2 atom stereocenters. The van der Waals surface area contributed by atoms with E-state index in [-0.39, 0.29) is 5.54 Å². The van der Waals surface area contributed by atoms with Crippen molar-refractivity contribution in [3.05, 3.63) is 0 Å². The summed E-state index contributed by atoms with van der Waals surface area (Å²) < 4.78 is 5.60. The van der Waals surface area contributed by atoms with E-state index >= 15 is 0 Å². The van der Waals surface area contributed by atoms with Crippen molar-refractivity contribution in [2.24, 2.45) is 17.6 Å². The number of nitrogens with one attached hydrogen (secondary N) is 1. The predicted octanol–water partition coefficient (Wildman–Crippen LogP) is 1.91. The van der Waals surface area contributed by atoms with Gasteiger partial charge in [0.05, 0.1) is 6.61 Å². The lowest BCUT2D eigenvalue weighted by molar-refractivity contribution is 0.123. The normalized spacial score (nSPS) is 33.9. The van der Waals surface area contributed by atoms with Crippen LogP contribution >= 0.6 is 0 Å². The molecular formula is C14H28N2O. The molecule has 0 amide bonds. The second-order valence-corrected chi connectivity index (χ2v) is 6.26. The molecule has 2 saturated carbocycles. The Labute approximate surface area is 105 Å². The topological polar surface area (TPSA) is 47.3 Å². The SMILES string of the molecule is CC1CCCC(N)(CNCCOCC2CC2)C1. The van der Waals surface area contributed by atoms with Gasteiger partial charge in [-0.15, -0.1) is 0 Å². The molecule has 3 N–H and O–H groups in total. The summed E-state index contributed by atoms with van der Waals surface area (Å²) in [6.45, 7) is 6.01. The van der Waals surface area contributed by atoms with Gasteiger partial charge in [-0.05, 0) is 37.5 Å². The van der Waals surface area contributed by atoms with E-state index in [4.69, 9.17) is 10.5 Å². The molecule has 0 saturated heterocycles. The molecule has 0 spiro atoms. The molecule has 2 unspecified atom stereocenters. The average Bonchev–Trinajstić information content (AvgIpc) is 3.06. The molecular weight excluding hydrogens is 212 g/mol. The van der Waals surface area contributed by atoms with Gasteiger partial charge in [-0.3, -0.25) is 0 Å². The van der Waals surface area contributed by atoms with E-state index in [0.29, 0.717) is 0 Å². The maximum atomic E-state index is 6.42. The Balaban J connectivity index is 1.50. The molecule has 0 radical (unpaired) electrons. The highest BCUT2D eigenvalue weighted by molar-refractivity contribution is 4.91. The van der Waals surface area contributed by atoms with Crippen molar-refractivity contribution < 1.29 is 4.74 Å². The van der Waals surface area contributed by atoms with Gasteiger partial charge in [0.25, 0.3) is 0 Å². The van der Waals surface area contributed by atoms with Crippen LogP contribution in [0.1, 0.15) is 45.4 Å². The van der Waals surface area contributed by atoms with Gasteiger partial charge in [-0.25, -0.2) is 0 Å². The Kier molecular flexibility index (Phi) is 4.83. The summed E-state index contributed by atoms with van der Waals surface area (Å²) in [5.74, 6) is 1.66. The molecule has 2 aliphatic rings. The molecule has 0 aromatic heterocycles. The van der Waals surface area contributed by atoms with Crippen molar-refractivity contribution in [1.82, 2.24) is 5.32 Å². The van der Waals surface area contributed by atoms with Crippen molar-refractivity contribution in [2.45, 2.75) is 51.0 Å². The highest BCUT2D eigenvalue weighted by atomic mass is 16.5. The lowest BCUT2D eigenvalue weighted by Crippen LogP contribution is -2.52. The summed E-state index contributed by atoms with van der Waals surface area (Å²) in [5, 5.41) is 3.46. The first kappa shape index (κ1) is 13.3. The molecule has 100 valence electrons. The largest absolute Gasteiger partial charge is 0.380 e. The predicted molar refractivity (Wildman–Crippen MR) is 71.0 cm³/mol. The van der Waals surface area contributed by atoms with Crippen LogP contribution < -0.4 is 11.1 Å². The maximum Gasteiger partial charge on any atom is 0.0591 e. The number of hydrogen-bond acceptors (Lipinski definition) is 3. The lowest BCUT2D eigenvalue weighted by Gasteiger charge is -2.37. The molecule has 17 heavy (non-hydrogen) atoms. The van der Waals surface area contributed by atoms with Gasteiger partial charge in [0, 0.05) is 25.2 Å². The smallest absolute Gasteiger partial charge is 0.0591 e. The lowest BCUT2D eigenvalue weighted by atomic mass is 9.77. The van der Waals surface area contributed by atoms with E-state index in [1.165, 1.54) is 38.5 Å². The minimum Gasteiger partial charge on any atom is -0.380 e. The zero-order chi connectivity index (χ0) is 12.1. The van der Waals surface area contributed by atoms with Gasteiger partial charge in [0.15, 0.2) is 0 Å². The standard InChI is InChI=1S/C14H28N2O/c1-12-3-2-6-14(15,9-12)11-16-7-8-17-10-13-4-5-13/h12-13,16H,2-11,15H2,1H3. The van der Waals surface area contributed by atoms with Gasteiger partial charge >= 0.3 is 0 Å². The summed E-state index contributed by atoms with van der Waals surface area (Å²) >= 11 is 0. The summed E-state index contributed by atoms with van der Waals surface area (Å²) in [6, 6.07) is 0. The van der Waals surface area contributed by atoms with E-state index < -0.39 is 0 Å². The second kappa shape index (κ2) is 6.17. The van der Waals surface area contributed by atoms with Crippen molar-refractivity contribution in [3.8, 4) is 0 Å². The van der Waals surface area contributed by atoms with Crippen LogP contribution in [0.25, 0.3) is 0 Å². The number of ether oxygens (including phenoxy) is 1. The van der Waals surface area contributed by atoms with Crippen LogP contribution in [-0.4, -0.2) is 31.8 Å². The molecule has 3 heteroatoms. The number of rotatable bonds is 7. The summed E-state index contributed by atoms with van der Waals surface area (Å²) in [4.78, 5) is 0. The van der Waals surface area contributed by atoms with Crippen molar-refractivity contribution in [1.29, 1.82) is 0 Å². The van der Waals surface area contributed by atoms with Crippen LogP contribution in [0, 0.1) is 11.8 Å². The van der Waals surface area contributed by atoms with E-state index in [9.17, 15) is 0 Å². The third kappa shape index (κ3) is 4.94. The summed E-state index contributed by atoms with van der Waals surface area (Å²) in [5.41, 5.74) is 6.46. The number of nitrogens with two attached hydrogens (primary N) is 1. The zero-order valence-corrected chi connectivity index (χ0v) is 11.2. The summed E-state index contributed by atoms with van der Waals surface area (Å²) in [6.07, 6.45) is 7.73. The van der Waals surface area contributed by atoms with Crippen LogP contribution in [0.5, 0.6) is 0 Å². The van der Waals surface area contributed by atoms with E-state index in [1.807, 2.05) is 0 Å². The van der Waals surface area contributed by atoms with Gasteiger partial charge in [0.2, 0.25) is 0 Å². The van der Waals surface area contributed by atoms with E-state index in [0.717, 1.165) is 38.1 Å². The molecule has 2 aliphatic carbocycles. The third-order valence-corrected chi connectivity index (χ3v) is 4.08. The maximum absolute atomic E-state index is 6.42. The molecule has 0 aromatic carbocycles. The van der Waals surface area contributed by atoms with Gasteiger partial charge in [-0.2, -0.15) is 0 Å². The first-order valence-corrected chi connectivity index (χ1v) is 7.25. The first-order valence-electron chi connectivity index (χ1n) is 7.25. The molecule has 2 fully saturated rings. The van der Waals surface area contributed by atoms with E-state index in [1.54, 1.807) is 0 Å². The van der Waals surface area contributed by atoms with Crippen LogP contribution in [0.15, 0.2) is 0 Å². The Bertz CT molecular complexity index is 230. The van der Waals surface area contributed by atoms with E-state index in [2.05, 4.69) is 12.2 Å². The van der Waals surface area contributed by atoms with Crippen molar-refractivity contribution in [2.75, 3.05) is 26.3 Å². The molecule has 0 heterocycles. The molecule has 0 bridgehead atoms. The summed E-state index contributed by atoms with van der Waals surface area (Å²) in [7, 11) is 0. The fraction of sp³-hybridized carbons (Fsp3) is 1.00. The van der Waals surface area contributed by atoms with Gasteiger partial charge in [-0.1, -0.05) is 19.8 Å². The third-order valence-electron chi connectivity index (χ3n) is 4.08. The number of hydrogen-bond donors (Lipinski definition) is 2.